The Morgan fingerprint density at radius 2 is 2.15 bits per heavy atom. The molecule has 0 aliphatic heterocycles. The van der Waals surface area contributed by atoms with Crippen LogP contribution in [-0.4, -0.2) is 33.7 Å². The summed E-state index contributed by atoms with van der Waals surface area (Å²) < 4.78 is 1.64. The lowest BCUT2D eigenvalue weighted by molar-refractivity contribution is 0.0766. The maximum absolute atomic E-state index is 11.7. The zero-order valence-corrected chi connectivity index (χ0v) is 8.32. The fraction of sp³-hybridized carbons (Fsp3) is 0.556. The minimum absolute atomic E-state index is 0.00519. The van der Waals surface area contributed by atoms with E-state index in [0.717, 1.165) is 13.1 Å². The molecular weight excluding hydrogens is 166 g/mol. The van der Waals surface area contributed by atoms with Gasteiger partial charge in [-0.3, -0.25) is 9.48 Å². The van der Waals surface area contributed by atoms with Gasteiger partial charge in [-0.25, -0.2) is 0 Å². The molecule has 0 N–H and O–H groups in total. The van der Waals surface area contributed by atoms with E-state index in [2.05, 4.69) is 5.10 Å². The third kappa shape index (κ3) is 2.08. The Balaban J connectivity index is 2.78. The summed E-state index contributed by atoms with van der Waals surface area (Å²) in [5, 5.41) is 4.05. The monoisotopic (exact) mass is 181 g/mol. The van der Waals surface area contributed by atoms with E-state index in [1.807, 2.05) is 13.8 Å². The van der Waals surface area contributed by atoms with E-state index in [-0.39, 0.29) is 5.91 Å². The van der Waals surface area contributed by atoms with Gasteiger partial charge in [0.15, 0.2) is 0 Å². The number of hydrogen-bond donors (Lipinski definition) is 0. The average molecular weight is 181 g/mol. The largest absolute Gasteiger partial charge is 0.338 e. The quantitative estimate of drug-likeness (QED) is 0.695. The fourth-order valence-electron chi connectivity index (χ4n) is 1.20. The van der Waals surface area contributed by atoms with E-state index < -0.39 is 0 Å². The van der Waals surface area contributed by atoms with Crippen molar-refractivity contribution < 1.29 is 4.79 Å². The molecule has 0 aromatic carbocycles. The highest BCUT2D eigenvalue weighted by Crippen LogP contribution is 2.00. The second kappa shape index (κ2) is 4.07. The maximum Gasteiger partial charge on any atom is 0.274 e. The van der Waals surface area contributed by atoms with E-state index >= 15 is 0 Å². The summed E-state index contributed by atoms with van der Waals surface area (Å²) in [5.74, 6) is 0.00519. The summed E-state index contributed by atoms with van der Waals surface area (Å²) in [4.78, 5) is 13.4. The molecule has 0 radical (unpaired) electrons. The maximum atomic E-state index is 11.7. The van der Waals surface area contributed by atoms with Gasteiger partial charge in [0.05, 0.1) is 0 Å². The Kier molecular flexibility index (Phi) is 3.06. The molecule has 1 heterocycles. The first-order chi connectivity index (χ1) is 6.19. The van der Waals surface area contributed by atoms with Crippen molar-refractivity contribution in [1.82, 2.24) is 14.7 Å². The van der Waals surface area contributed by atoms with Gasteiger partial charge in [0.25, 0.3) is 5.91 Å². The molecule has 1 aromatic rings. The number of aryl methyl sites for hydroxylation is 1. The van der Waals surface area contributed by atoms with Crippen molar-refractivity contribution in [3.05, 3.63) is 18.0 Å². The molecule has 13 heavy (non-hydrogen) atoms. The van der Waals surface area contributed by atoms with Gasteiger partial charge in [-0.1, -0.05) is 0 Å². The van der Waals surface area contributed by atoms with Crippen molar-refractivity contribution in [3.8, 4) is 0 Å². The topological polar surface area (TPSA) is 38.1 Å². The SMILES string of the molecule is CCN(CC)C(=O)c1ccn(C)n1. The Hall–Kier alpha value is -1.32. The van der Waals surface area contributed by atoms with E-state index in [0.29, 0.717) is 5.69 Å². The zero-order valence-electron chi connectivity index (χ0n) is 8.32. The molecule has 72 valence electrons. The number of rotatable bonds is 3. The van der Waals surface area contributed by atoms with Crippen LogP contribution in [0.25, 0.3) is 0 Å². The van der Waals surface area contributed by atoms with Crippen molar-refractivity contribution in [2.75, 3.05) is 13.1 Å². The number of carbonyl (C=O) groups is 1. The van der Waals surface area contributed by atoms with Crippen molar-refractivity contribution in [2.45, 2.75) is 13.8 Å². The van der Waals surface area contributed by atoms with Crippen LogP contribution in [0.3, 0.4) is 0 Å². The molecule has 0 saturated heterocycles. The molecule has 1 amide bonds. The van der Waals surface area contributed by atoms with Crippen LogP contribution in [0.15, 0.2) is 12.3 Å². The molecule has 4 heteroatoms. The van der Waals surface area contributed by atoms with Crippen LogP contribution in [0.5, 0.6) is 0 Å². The van der Waals surface area contributed by atoms with Gasteiger partial charge < -0.3 is 4.90 Å². The molecule has 0 bridgehead atoms. The summed E-state index contributed by atoms with van der Waals surface area (Å²) in [6, 6.07) is 1.74. The molecule has 0 fully saturated rings. The Bertz CT molecular complexity index is 289. The van der Waals surface area contributed by atoms with Crippen LogP contribution < -0.4 is 0 Å². The average Bonchev–Trinajstić information content (AvgIpc) is 2.54. The predicted molar refractivity (Wildman–Crippen MR) is 50.5 cm³/mol. The summed E-state index contributed by atoms with van der Waals surface area (Å²) in [5.41, 5.74) is 0.520. The molecule has 0 atom stereocenters. The van der Waals surface area contributed by atoms with Gasteiger partial charge in [-0.05, 0) is 19.9 Å². The summed E-state index contributed by atoms with van der Waals surface area (Å²) in [6.45, 7) is 5.38. The second-order valence-electron chi connectivity index (χ2n) is 2.85. The van der Waals surface area contributed by atoms with Gasteiger partial charge in [0.1, 0.15) is 5.69 Å². The Morgan fingerprint density at radius 3 is 2.54 bits per heavy atom. The number of nitrogens with zero attached hydrogens (tertiary/aromatic N) is 3. The van der Waals surface area contributed by atoms with Crippen LogP contribution >= 0.6 is 0 Å². The van der Waals surface area contributed by atoms with Crippen LogP contribution in [-0.2, 0) is 7.05 Å². The molecule has 0 unspecified atom stereocenters. The third-order valence-corrected chi connectivity index (χ3v) is 1.98. The Labute approximate surface area is 78.1 Å². The van der Waals surface area contributed by atoms with Gasteiger partial charge in [-0.2, -0.15) is 5.10 Å². The molecule has 0 saturated carbocycles. The first kappa shape index (κ1) is 9.77. The third-order valence-electron chi connectivity index (χ3n) is 1.98. The summed E-state index contributed by atoms with van der Waals surface area (Å²) >= 11 is 0. The molecule has 1 rings (SSSR count). The number of amides is 1. The van der Waals surface area contributed by atoms with Crippen molar-refractivity contribution in [1.29, 1.82) is 0 Å². The lowest BCUT2D eigenvalue weighted by Crippen LogP contribution is -2.30. The van der Waals surface area contributed by atoms with Crippen molar-refractivity contribution >= 4 is 5.91 Å². The highest BCUT2D eigenvalue weighted by molar-refractivity contribution is 5.92. The Morgan fingerprint density at radius 1 is 1.54 bits per heavy atom. The minimum atomic E-state index is 0.00519. The highest BCUT2D eigenvalue weighted by atomic mass is 16.2. The van der Waals surface area contributed by atoms with E-state index in [9.17, 15) is 4.79 Å². The van der Waals surface area contributed by atoms with Gasteiger partial charge in [0.2, 0.25) is 0 Å². The first-order valence-corrected chi connectivity index (χ1v) is 4.48. The molecule has 4 nitrogen and oxygen atoms in total. The normalized spacial score (nSPS) is 10.1. The fourth-order valence-corrected chi connectivity index (χ4v) is 1.20. The van der Waals surface area contributed by atoms with Gasteiger partial charge >= 0.3 is 0 Å². The standard InChI is InChI=1S/C9H15N3O/c1-4-12(5-2)9(13)8-6-7-11(3)10-8/h6-7H,4-5H2,1-3H3. The molecule has 0 aliphatic rings. The first-order valence-electron chi connectivity index (χ1n) is 4.48. The smallest absolute Gasteiger partial charge is 0.274 e. The lowest BCUT2D eigenvalue weighted by atomic mass is 10.3. The van der Waals surface area contributed by atoms with Gasteiger partial charge in [0, 0.05) is 26.3 Å². The number of aromatic nitrogens is 2. The van der Waals surface area contributed by atoms with Crippen molar-refractivity contribution in [2.24, 2.45) is 7.05 Å². The van der Waals surface area contributed by atoms with Crippen LogP contribution in [0.1, 0.15) is 24.3 Å². The number of hydrogen-bond acceptors (Lipinski definition) is 2. The molecule has 0 spiro atoms. The zero-order chi connectivity index (χ0) is 9.84. The summed E-state index contributed by atoms with van der Waals surface area (Å²) in [6.07, 6.45) is 1.77. The minimum Gasteiger partial charge on any atom is -0.338 e. The second-order valence-corrected chi connectivity index (χ2v) is 2.85. The van der Waals surface area contributed by atoms with Crippen LogP contribution in [0.2, 0.25) is 0 Å². The molecular formula is C9H15N3O. The van der Waals surface area contributed by atoms with Crippen LogP contribution in [0.4, 0.5) is 0 Å². The number of carbonyl (C=O) groups excluding carboxylic acids is 1. The summed E-state index contributed by atoms with van der Waals surface area (Å²) in [7, 11) is 1.80. The highest BCUT2D eigenvalue weighted by Gasteiger charge is 2.14. The molecule has 1 aromatic heterocycles. The van der Waals surface area contributed by atoms with Crippen LogP contribution in [0, 0.1) is 0 Å². The van der Waals surface area contributed by atoms with Crippen molar-refractivity contribution in [3.63, 3.8) is 0 Å². The van der Waals surface area contributed by atoms with E-state index in [1.54, 1.807) is 28.9 Å². The van der Waals surface area contributed by atoms with E-state index in [4.69, 9.17) is 0 Å². The van der Waals surface area contributed by atoms with E-state index in [1.165, 1.54) is 0 Å². The lowest BCUT2D eigenvalue weighted by Gasteiger charge is -2.16. The predicted octanol–water partition coefficient (Wildman–Crippen LogP) is 0.902. The van der Waals surface area contributed by atoms with Gasteiger partial charge in [-0.15, -0.1) is 0 Å². The molecule has 0 aliphatic carbocycles.